The van der Waals surface area contributed by atoms with Gasteiger partial charge in [-0.3, -0.25) is 0 Å². The van der Waals surface area contributed by atoms with Crippen molar-refractivity contribution >= 4 is 21.0 Å². The van der Waals surface area contributed by atoms with E-state index in [1.807, 2.05) is 0 Å². The van der Waals surface area contributed by atoms with Crippen LogP contribution in [0.3, 0.4) is 0 Å². The molecule has 3 rings (SSSR count). The minimum atomic E-state index is -6.09. The molecule has 0 aromatic rings. The highest BCUT2D eigenvalue weighted by Gasteiger charge is 2.71. The van der Waals surface area contributed by atoms with Gasteiger partial charge < -0.3 is 4.55 Å². The third kappa shape index (κ3) is 3.03. The van der Waals surface area contributed by atoms with Crippen molar-refractivity contribution < 1.29 is 26.1 Å². The van der Waals surface area contributed by atoms with Crippen LogP contribution in [-0.4, -0.2) is 29.5 Å². The number of alkyl halides is 3. The summed E-state index contributed by atoms with van der Waals surface area (Å²) in [5, 5.41) is 3.28. The quantitative estimate of drug-likeness (QED) is 0.388. The summed E-state index contributed by atoms with van der Waals surface area (Å²) in [6.45, 7) is 11.8. The molecular formula is C16H25F3O3S2. The summed E-state index contributed by atoms with van der Waals surface area (Å²) in [6.07, 6.45) is 5.94. The summed E-state index contributed by atoms with van der Waals surface area (Å²) in [5.41, 5.74) is -4.45. The molecule has 0 radical (unpaired) electrons. The molecule has 8 heteroatoms. The number of hydrogen-bond donors (Lipinski definition) is 0. The molecule has 1 aliphatic heterocycles. The SMILES string of the molecule is C=C[S+]1CCC[C@H]2[C@H]3CC[C@@](C)([C@H]21)C3(C)C.O=S(=O)([O-])C(F)(F)F. The molecular weight excluding hydrogens is 361 g/mol. The second-order valence-corrected chi connectivity index (χ2v) is 11.3. The Bertz CT molecular complexity index is 600. The fourth-order valence-corrected chi connectivity index (χ4v) is 8.21. The van der Waals surface area contributed by atoms with E-state index in [2.05, 4.69) is 32.8 Å². The van der Waals surface area contributed by atoms with Crippen molar-refractivity contribution in [1.29, 1.82) is 0 Å². The summed E-state index contributed by atoms with van der Waals surface area (Å²) in [6, 6.07) is 0. The van der Waals surface area contributed by atoms with Gasteiger partial charge in [-0.05, 0) is 37.0 Å². The standard InChI is InChI=1S/C15H25S.CHF3O3S/c1-5-16-10-6-7-11-12-8-9-15(4,13(11)16)14(12,2)3;2-1(3,4)8(5,6)7/h5,11-13H,1,6-10H2,2-4H3;(H,5,6,7)/q+1;/p-1/t11-,12+,13-,15-,16?;/m0./s1. The van der Waals surface area contributed by atoms with Crippen LogP contribution in [0.2, 0.25) is 0 Å². The van der Waals surface area contributed by atoms with Crippen LogP contribution in [-0.2, 0) is 21.0 Å². The van der Waals surface area contributed by atoms with Crippen LogP contribution in [0, 0.1) is 22.7 Å². The monoisotopic (exact) mass is 386 g/mol. The second kappa shape index (κ2) is 6.20. The third-order valence-corrected chi connectivity index (χ3v) is 9.93. The lowest BCUT2D eigenvalue weighted by Gasteiger charge is -2.39. The molecule has 0 amide bonds. The van der Waals surface area contributed by atoms with Crippen LogP contribution >= 0.6 is 0 Å². The zero-order chi connectivity index (χ0) is 18.6. The zero-order valence-electron chi connectivity index (χ0n) is 14.2. The molecule has 2 saturated carbocycles. The average molecular weight is 387 g/mol. The topological polar surface area (TPSA) is 57.2 Å². The molecule has 140 valence electrons. The van der Waals surface area contributed by atoms with E-state index < -0.39 is 15.6 Å². The lowest BCUT2D eigenvalue weighted by atomic mass is 9.71. The van der Waals surface area contributed by atoms with Crippen molar-refractivity contribution in [2.45, 2.75) is 57.2 Å². The first-order valence-corrected chi connectivity index (χ1v) is 11.0. The highest BCUT2D eigenvalue weighted by atomic mass is 32.2. The van der Waals surface area contributed by atoms with Crippen molar-refractivity contribution in [1.82, 2.24) is 0 Å². The van der Waals surface area contributed by atoms with Crippen LogP contribution in [0.4, 0.5) is 13.2 Å². The number of halogens is 3. The Morgan fingerprint density at radius 2 is 1.79 bits per heavy atom. The zero-order valence-corrected chi connectivity index (χ0v) is 15.9. The molecule has 0 spiro atoms. The summed E-state index contributed by atoms with van der Waals surface area (Å²) >= 11 is 0. The maximum Gasteiger partial charge on any atom is 0.485 e. The molecule has 0 aromatic heterocycles. The maximum atomic E-state index is 10.7. The molecule has 1 saturated heterocycles. The van der Waals surface area contributed by atoms with Crippen molar-refractivity contribution in [3.63, 3.8) is 0 Å². The van der Waals surface area contributed by atoms with Gasteiger partial charge in [0.2, 0.25) is 0 Å². The first kappa shape index (κ1) is 20.1. The van der Waals surface area contributed by atoms with Gasteiger partial charge in [0, 0.05) is 22.2 Å². The van der Waals surface area contributed by atoms with E-state index in [1.165, 1.54) is 31.4 Å². The van der Waals surface area contributed by atoms with Crippen molar-refractivity contribution in [3.05, 3.63) is 12.0 Å². The second-order valence-electron chi connectivity index (χ2n) is 7.75. The van der Waals surface area contributed by atoms with Crippen molar-refractivity contribution in [3.8, 4) is 0 Å². The highest BCUT2D eigenvalue weighted by molar-refractivity contribution is 8.00. The molecule has 5 atom stereocenters. The van der Waals surface area contributed by atoms with Crippen LogP contribution in [0.15, 0.2) is 12.0 Å². The predicted octanol–water partition coefficient (Wildman–Crippen LogP) is 4.03. The van der Waals surface area contributed by atoms with Gasteiger partial charge in [-0.25, -0.2) is 8.42 Å². The van der Waals surface area contributed by atoms with Gasteiger partial charge in [0.1, 0.15) is 16.4 Å². The van der Waals surface area contributed by atoms with Gasteiger partial charge in [0.05, 0.1) is 0 Å². The van der Waals surface area contributed by atoms with Gasteiger partial charge in [0.25, 0.3) is 0 Å². The number of hydrogen-bond acceptors (Lipinski definition) is 3. The van der Waals surface area contributed by atoms with Gasteiger partial charge in [-0.15, -0.1) is 0 Å². The number of fused-ring (bicyclic) bond motifs is 5. The van der Waals surface area contributed by atoms with E-state index in [0.717, 1.165) is 17.1 Å². The lowest BCUT2D eigenvalue weighted by Crippen LogP contribution is -2.45. The maximum absolute atomic E-state index is 10.7. The van der Waals surface area contributed by atoms with E-state index >= 15 is 0 Å². The molecule has 3 nitrogen and oxygen atoms in total. The molecule has 0 aromatic carbocycles. The molecule has 1 unspecified atom stereocenters. The Balaban J connectivity index is 0.000000224. The number of rotatable bonds is 1. The first-order valence-electron chi connectivity index (χ1n) is 8.10. The largest absolute Gasteiger partial charge is 0.741 e. The predicted molar refractivity (Wildman–Crippen MR) is 89.3 cm³/mol. The van der Waals surface area contributed by atoms with Crippen LogP contribution in [0.5, 0.6) is 0 Å². The fourth-order valence-electron chi connectivity index (χ4n) is 5.21. The molecule has 3 fully saturated rings. The van der Waals surface area contributed by atoms with Gasteiger partial charge in [-0.1, -0.05) is 27.4 Å². The van der Waals surface area contributed by atoms with Gasteiger partial charge in [0.15, 0.2) is 10.1 Å². The van der Waals surface area contributed by atoms with Gasteiger partial charge in [-0.2, -0.15) is 13.2 Å². The Morgan fingerprint density at radius 3 is 2.25 bits per heavy atom. The van der Waals surface area contributed by atoms with E-state index in [0.29, 0.717) is 21.7 Å². The van der Waals surface area contributed by atoms with Crippen LogP contribution in [0.1, 0.15) is 46.5 Å². The summed E-state index contributed by atoms with van der Waals surface area (Å²) in [7, 11) is -5.57. The van der Waals surface area contributed by atoms with E-state index in [9.17, 15) is 13.2 Å². The van der Waals surface area contributed by atoms with Gasteiger partial charge >= 0.3 is 5.51 Å². The molecule has 2 bridgehead atoms. The van der Waals surface area contributed by atoms with E-state index in [4.69, 9.17) is 13.0 Å². The lowest BCUT2D eigenvalue weighted by molar-refractivity contribution is -0.0517. The summed E-state index contributed by atoms with van der Waals surface area (Å²) in [4.78, 5) is 0. The molecule has 24 heavy (non-hydrogen) atoms. The van der Waals surface area contributed by atoms with Crippen molar-refractivity contribution in [2.75, 3.05) is 5.75 Å². The van der Waals surface area contributed by atoms with Crippen molar-refractivity contribution in [2.24, 2.45) is 22.7 Å². The molecule has 2 aliphatic carbocycles. The summed E-state index contributed by atoms with van der Waals surface area (Å²) in [5.74, 6) is 3.48. The Labute approximate surface area is 145 Å². The normalized spacial score (nSPS) is 40.5. The van der Waals surface area contributed by atoms with E-state index in [-0.39, 0.29) is 0 Å². The highest BCUT2D eigenvalue weighted by Crippen LogP contribution is 2.71. The average Bonchev–Trinajstić information content (AvgIpc) is 2.77. The smallest absolute Gasteiger partial charge is 0.485 e. The first-order chi connectivity index (χ1) is 10.8. The Morgan fingerprint density at radius 1 is 1.25 bits per heavy atom. The van der Waals surface area contributed by atoms with Crippen LogP contribution in [0.25, 0.3) is 0 Å². The fraction of sp³-hybridized carbons (Fsp3) is 0.875. The summed E-state index contributed by atoms with van der Waals surface area (Å²) < 4.78 is 58.9. The van der Waals surface area contributed by atoms with E-state index in [1.54, 1.807) is 0 Å². The Hall–Kier alpha value is -0.210. The third-order valence-electron chi connectivity index (χ3n) is 6.65. The molecule has 3 aliphatic rings. The molecule has 0 N–H and O–H groups in total. The minimum Gasteiger partial charge on any atom is -0.741 e. The minimum absolute atomic E-state index is 0.521. The van der Waals surface area contributed by atoms with Crippen LogP contribution < -0.4 is 0 Å². The molecule has 1 heterocycles. The Kier molecular flexibility index (Phi) is 5.19.